The predicted molar refractivity (Wildman–Crippen MR) is 106 cm³/mol. The van der Waals surface area contributed by atoms with Crippen LogP contribution in [0.2, 0.25) is 0 Å². The SMILES string of the molecule is O=C1NC(CN2CCCCC2)C(=O)N1c1ccc(Cc2ccccc2)cc1. The Hall–Kier alpha value is -2.66. The summed E-state index contributed by atoms with van der Waals surface area (Å²) in [5.41, 5.74) is 3.03. The van der Waals surface area contributed by atoms with Crippen LogP contribution in [0.1, 0.15) is 30.4 Å². The van der Waals surface area contributed by atoms with Gasteiger partial charge in [-0.3, -0.25) is 4.79 Å². The minimum atomic E-state index is -0.445. The summed E-state index contributed by atoms with van der Waals surface area (Å²) in [6.07, 6.45) is 4.42. The lowest BCUT2D eigenvalue weighted by atomic mass is 10.0. The highest BCUT2D eigenvalue weighted by atomic mass is 16.2. The number of hydrogen-bond donors (Lipinski definition) is 1. The molecule has 140 valence electrons. The van der Waals surface area contributed by atoms with Crippen molar-refractivity contribution in [2.24, 2.45) is 0 Å². The zero-order valence-corrected chi connectivity index (χ0v) is 15.4. The average Bonchev–Trinajstić information content (AvgIpc) is 2.97. The van der Waals surface area contributed by atoms with Crippen molar-refractivity contribution < 1.29 is 9.59 Å². The number of likely N-dealkylation sites (tertiary alicyclic amines) is 1. The number of benzene rings is 2. The normalized spacial score (nSPS) is 20.7. The molecule has 0 spiro atoms. The molecule has 27 heavy (non-hydrogen) atoms. The maximum Gasteiger partial charge on any atom is 0.329 e. The summed E-state index contributed by atoms with van der Waals surface area (Å²) in [6, 6.07) is 17.2. The molecule has 2 fully saturated rings. The Labute approximate surface area is 160 Å². The van der Waals surface area contributed by atoms with Crippen LogP contribution < -0.4 is 10.2 Å². The first-order valence-electron chi connectivity index (χ1n) is 9.70. The van der Waals surface area contributed by atoms with Gasteiger partial charge in [0, 0.05) is 6.54 Å². The standard InChI is InChI=1S/C22H25N3O2/c26-21-20(16-24-13-5-2-6-14-24)23-22(27)25(21)19-11-9-18(10-12-19)15-17-7-3-1-4-8-17/h1,3-4,7-12,20H,2,5-6,13-16H2,(H,23,27). The summed E-state index contributed by atoms with van der Waals surface area (Å²) < 4.78 is 0. The van der Waals surface area contributed by atoms with Gasteiger partial charge in [-0.1, -0.05) is 48.9 Å². The number of hydrogen-bond acceptors (Lipinski definition) is 3. The molecule has 3 amide bonds. The molecule has 2 aliphatic rings. The second-order valence-electron chi connectivity index (χ2n) is 7.37. The van der Waals surface area contributed by atoms with E-state index in [4.69, 9.17) is 0 Å². The Morgan fingerprint density at radius 3 is 2.22 bits per heavy atom. The third-order valence-corrected chi connectivity index (χ3v) is 5.35. The van der Waals surface area contributed by atoms with Crippen LogP contribution in [0.25, 0.3) is 0 Å². The Morgan fingerprint density at radius 1 is 0.852 bits per heavy atom. The van der Waals surface area contributed by atoms with Crippen LogP contribution >= 0.6 is 0 Å². The minimum absolute atomic E-state index is 0.151. The lowest BCUT2D eigenvalue weighted by molar-refractivity contribution is -0.118. The summed E-state index contributed by atoms with van der Waals surface area (Å²) in [4.78, 5) is 28.7. The largest absolute Gasteiger partial charge is 0.329 e. The summed E-state index contributed by atoms with van der Waals surface area (Å²) in [6.45, 7) is 2.62. The zero-order valence-electron chi connectivity index (χ0n) is 15.4. The van der Waals surface area contributed by atoms with Gasteiger partial charge in [0.15, 0.2) is 0 Å². The van der Waals surface area contributed by atoms with E-state index in [1.165, 1.54) is 29.7 Å². The highest BCUT2D eigenvalue weighted by Gasteiger charge is 2.39. The third kappa shape index (κ3) is 4.03. The monoisotopic (exact) mass is 363 g/mol. The molecule has 2 aromatic rings. The lowest BCUT2D eigenvalue weighted by Gasteiger charge is -2.28. The lowest BCUT2D eigenvalue weighted by Crippen LogP contribution is -2.44. The molecule has 4 rings (SSSR count). The van der Waals surface area contributed by atoms with E-state index in [0.717, 1.165) is 25.1 Å². The number of carbonyl (C=O) groups excluding carboxylic acids is 2. The molecule has 1 unspecified atom stereocenters. The highest BCUT2D eigenvalue weighted by Crippen LogP contribution is 2.22. The molecule has 2 aliphatic heterocycles. The van der Waals surface area contributed by atoms with Gasteiger partial charge in [-0.25, -0.2) is 9.69 Å². The molecule has 2 aromatic carbocycles. The van der Waals surface area contributed by atoms with Crippen molar-refractivity contribution in [3.8, 4) is 0 Å². The number of urea groups is 1. The van der Waals surface area contributed by atoms with Gasteiger partial charge in [-0.15, -0.1) is 0 Å². The Bertz CT molecular complexity index is 798. The maximum absolute atomic E-state index is 12.8. The summed E-state index contributed by atoms with van der Waals surface area (Å²) in [5, 5.41) is 2.85. The summed E-state index contributed by atoms with van der Waals surface area (Å²) in [7, 11) is 0. The van der Waals surface area contributed by atoms with E-state index in [0.29, 0.717) is 12.2 Å². The molecule has 0 radical (unpaired) electrons. The van der Waals surface area contributed by atoms with Crippen molar-refractivity contribution in [1.82, 2.24) is 10.2 Å². The van der Waals surface area contributed by atoms with E-state index in [1.807, 2.05) is 42.5 Å². The molecule has 0 aliphatic carbocycles. The van der Waals surface area contributed by atoms with Gasteiger partial charge in [-0.05, 0) is 55.6 Å². The van der Waals surface area contributed by atoms with E-state index in [9.17, 15) is 9.59 Å². The maximum atomic E-state index is 12.8. The first kappa shape index (κ1) is 17.7. The predicted octanol–water partition coefficient (Wildman–Crippen LogP) is 3.19. The third-order valence-electron chi connectivity index (χ3n) is 5.35. The summed E-state index contributed by atoms with van der Waals surface area (Å²) >= 11 is 0. The fraction of sp³-hybridized carbons (Fsp3) is 0.364. The fourth-order valence-corrected chi connectivity index (χ4v) is 3.89. The molecular formula is C22H25N3O2. The molecule has 5 nitrogen and oxygen atoms in total. The Kier molecular flexibility index (Phi) is 5.21. The second kappa shape index (κ2) is 7.92. The van der Waals surface area contributed by atoms with Gasteiger partial charge in [0.2, 0.25) is 0 Å². The number of nitrogens with zero attached hydrogens (tertiary/aromatic N) is 2. The van der Waals surface area contributed by atoms with Gasteiger partial charge in [0.1, 0.15) is 6.04 Å². The van der Waals surface area contributed by atoms with Crippen molar-refractivity contribution in [2.45, 2.75) is 31.7 Å². The molecular weight excluding hydrogens is 338 g/mol. The molecule has 2 heterocycles. The molecule has 5 heteroatoms. The van der Waals surface area contributed by atoms with Crippen LogP contribution in [0.3, 0.4) is 0 Å². The first-order valence-corrected chi connectivity index (χ1v) is 9.70. The Balaban J connectivity index is 1.43. The van der Waals surface area contributed by atoms with Crippen LogP contribution in [0.5, 0.6) is 0 Å². The molecule has 2 saturated heterocycles. The number of imide groups is 1. The number of anilines is 1. The quantitative estimate of drug-likeness (QED) is 0.830. The van der Waals surface area contributed by atoms with Crippen LogP contribution in [0, 0.1) is 0 Å². The van der Waals surface area contributed by atoms with Crippen LogP contribution in [0.4, 0.5) is 10.5 Å². The van der Waals surface area contributed by atoms with Crippen LogP contribution in [-0.4, -0.2) is 42.5 Å². The smallest absolute Gasteiger partial charge is 0.324 e. The van der Waals surface area contributed by atoms with E-state index in [-0.39, 0.29) is 11.9 Å². The average molecular weight is 363 g/mol. The minimum Gasteiger partial charge on any atom is -0.324 e. The zero-order chi connectivity index (χ0) is 18.6. The van der Waals surface area contributed by atoms with Gasteiger partial charge < -0.3 is 10.2 Å². The van der Waals surface area contributed by atoms with Crippen molar-refractivity contribution in [3.05, 3.63) is 65.7 Å². The van der Waals surface area contributed by atoms with Crippen LogP contribution in [0.15, 0.2) is 54.6 Å². The number of carbonyl (C=O) groups is 2. The van der Waals surface area contributed by atoms with E-state index in [2.05, 4.69) is 22.3 Å². The van der Waals surface area contributed by atoms with E-state index >= 15 is 0 Å². The van der Waals surface area contributed by atoms with Crippen LogP contribution in [-0.2, 0) is 11.2 Å². The van der Waals surface area contributed by atoms with Gasteiger partial charge in [0.05, 0.1) is 5.69 Å². The topological polar surface area (TPSA) is 52.7 Å². The van der Waals surface area contributed by atoms with Crippen molar-refractivity contribution in [3.63, 3.8) is 0 Å². The number of piperidine rings is 1. The first-order chi connectivity index (χ1) is 13.2. The molecule has 0 bridgehead atoms. The fourth-order valence-electron chi connectivity index (χ4n) is 3.89. The molecule has 1 N–H and O–H groups in total. The molecule has 0 saturated carbocycles. The molecule has 0 aromatic heterocycles. The van der Waals surface area contributed by atoms with Gasteiger partial charge in [0.25, 0.3) is 5.91 Å². The van der Waals surface area contributed by atoms with Crippen molar-refractivity contribution in [2.75, 3.05) is 24.5 Å². The number of nitrogens with one attached hydrogen (secondary N) is 1. The van der Waals surface area contributed by atoms with Crippen molar-refractivity contribution >= 4 is 17.6 Å². The summed E-state index contributed by atoms with van der Waals surface area (Å²) in [5.74, 6) is -0.151. The van der Waals surface area contributed by atoms with E-state index in [1.54, 1.807) is 0 Å². The van der Waals surface area contributed by atoms with Crippen molar-refractivity contribution in [1.29, 1.82) is 0 Å². The number of rotatable bonds is 5. The van der Waals surface area contributed by atoms with Gasteiger partial charge >= 0.3 is 6.03 Å². The second-order valence-corrected chi connectivity index (χ2v) is 7.37. The Morgan fingerprint density at radius 2 is 1.52 bits per heavy atom. The van der Waals surface area contributed by atoms with E-state index < -0.39 is 6.04 Å². The van der Waals surface area contributed by atoms with Gasteiger partial charge in [-0.2, -0.15) is 0 Å². The molecule has 1 atom stereocenters. The number of amides is 3. The highest BCUT2D eigenvalue weighted by molar-refractivity contribution is 6.21.